The first-order chi connectivity index (χ1) is 8.11. The maximum absolute atomic E-state index is 6.29. The standard InChI is InChI=1S/C13H17ClN2S/c1-2-9-5-6-16(8-9)12-4-3-10(13(15)17)7-11(12)14/h3-4,7,9H,2,5-6,8H2,1H3,(H2,15,17). The fourth-order valence-electron chi connectivity index (χ4n) is 2.30. The van der Waals surface area contributed by atoms with E-state index in [1.807, 2.05) is 18.2 Å². The Morgan fingerprint density at radius 3 is 2.88 bits per heavy atom. The Morgan fingerprint density at radius 1 is 1.59 bits per heavy atom. The maximum Gasteiger partial charge on any atom is 0.104 e. The van der Waals surface area contributed by atoms with Crippen molar-refractivity contribution in [1.82, 2.24) is 0 Å². The highest BCUT2D eigenvalue weighted by atomic mass is 35.5. The summed E-state index contributed by atoms with van der Waals surface area (Å²) in [5, 5.41) is 0.743. The minimum absolute atomic E-state index is 0.395. The summed E-state index contributed by atoms with van der Waals surface area (Å²) in [4.78, 5) is 2.74. The van der Waals surface area contributed by atoms with Gasteiger partial charge in [-0.15, -0.1) is 0 Å². The van der Waals surface area contributed by atoms with Gasteiger partial charge in [0.15, 0.2) is 0 Å². The molecule has 1 atom stereocenters. The first-order valence-corrected chi connectivity index (χ1v) is 6.74. The quantitative estimate of drug-likeness (QED) is 0.854. The Bertz CT molecular complexity index is 433. The molecule has 1 aromatic rings. The Hall–Kier alpha value is -0.800. The van der Waals surface area contributed by atoms with E-state index in [9.17, 15) is 0 Å². The summed E-state index contributed by atoms with van der Waals surface area (Å²) >= 11 is 11.2. The first-order valence-electron chi connectivity index (χ1n) is 5.96. The van der Waals surface area contributed by atoms with Crippen molar-refractivity contribution in [2.24, 2.45) is 11.7 Å². The lowest BCUT2D eigenvalue weighted by atomic mass is 10.1. The molecule has 2 nitrogen and oxygen atoms in total. The first kappa shape index (κ1) is 12.7. The summed E-state index contributed by atoms with van der Waals surface area (Å²) in [6.07, 6.45) is 2.49. The van der Waals surface area contributed by atoms with E-state index in [0.29, 0.717) is 4.99 Å². The minimum atomic E-state index is 0.395. The van der Waals surface area contributed by atoms with Gasteiger partial charge in [0.25, 0.3) is 0 Å². The van der Waals surface area contributed by atoms with Crippen molar-refractivity contribution < 1.29 is 0 Å². The molecular weight excluding hydrogens is 252 g/mol. The van der Waals surface area contributed by atoms with E-state index in [4.69, 9.17) is 29.6 Å². The Kier molecular flexibility index (Phi) is 3.89. The van der Waals surface area contributed by atoms with E-state index in [1.165, 1.54) is 12.8 Å². The number of nitrogens with two attached hydrogens (primary N) is 1. The fraction of sp³-hybridized carbons (Fsp3) is 0.462. The lowest BCUT2D eigenvalue weighted by Crippen LogP contribution is -2.20. The number of nitrogens with zero attached hydrogens (tertiary/aromatic N) is 1. The molecular formula is C13H17ClN2S. The zero-order valence-electron chi connectivity index (χ0n) is 9.95. The highest BCUT2D eigenvalue weighted by Crippen LogP contribution is 2.31. The second kappa shape index (κ2) is 5.23. The minimum Gasteiger partial charge on any atom is -0.389 e. The van der Waals surface area contributed by atoms with Crippen molar-refractivity contribution in [2.45, 2.75) is 19.8 Å². The number of hydrogen-bond donors (Lipinski definition) is 1. The molecule has 2 N–H and O–H groups in total. The summed E-state index contributed by atoms with van der Waals surface area (Å²) in [5.74, 6) is 0.793. The van der Waals surface area contributed by atoms with Crippen LogP contribution in [0.2, 0.25) is 5.02 Å². The van der Waals surface area contributed by atoms with E-state index >= 15 is 0 Å². The molecule has 1 aliphatic rings. The number of benzene rings is 1. The SMILES string of the molecule is CCC1CCN(c2ccc(C(N)=S)cc2Cl)C1. The van der Waals surface area contributed by atoms with Gasteiger partial charge in [-0.3, -0.25) is 0 Å². The molecule has 92 valence electrons. The average Bonchev–Trinajstić information content (AvgIpc) is 2.77. The summed E-state index contributed by atoms with van der Waals surface area (Å²) in [5.41, 5.74) is 7.52. The van der Waals surface area contributed by atoms with Crippen molar-refractivity contribution in [2.75, 3.05) is 18.0 Å². The Morgan fingerprint density at radius 2 is 2.35 bits per heavy atom. The van der Waals surface area contributed by atoms with E-state index < -0.39 is 0 Å². The molecule has 0 aliphatic carbocycles. The number of hydrogen-bond acceptors (Lipinski definition) is 2. The topological polar surface area (TPSA) is 29.3 Å². The summed E-state index contributed by atoms with van der Waals surface area (Å²) in [6.45, 7) is 4.43. The summed E-state index contributed by atoms with van der Waals surface area (Å²) in [6, 6.07) is 5.83. The van der Waals surface area contributed by atoms with Gasteiger partial charge in [0.05, 0.1) is 10.7 Å². The van der Waals surface area contributed by atoms with E-state index in [2.05, 4.69) is 11.8 Å². The highest BCUT2D eigenvalue weighted by molar-refractivity contribution is 7.80. The van der Waals surface area contributed by atoms with Crippen LogP contribution < -0.4 is 10.6 Å². The van der Waals surface area contributed by atoms with E-state index in [0.717, 1.165) is 35.3 Å². The third kappa shape index (κ3) is 2.72. The Balaban J connectivity index is 2.20. The molecule has 1 unspecified atom stereocenters. The monoisotopic (exact) mass is 268 g/mol. The van der Waals surface area contributed by atoms with Gasteiger partial charge in [-0.05, 0) is 30.5 Å². The van der Waals surface area contributed by atoms with Crippen molar-refractivity contribution >= 4 is 34.5 Å². The van der Waals surface area contributed by atoms with Crippen LogP contribution in [0, 0.1) is 5.92 Å². The van der Waals surface area contributed by atoms with Crippen LogP contribution in [0.25, 0.3) is 0 Å². The van der Waals surface area contributed by atoms with Gasteiger partial charge in [0.2, 0.25) is 0 Å². The molecule has 0 amide bonds. The van der Waals surface area contributed by atoms with E-state index in [1.54, 1.807) is 0 Å². The molecule has 0 radical (unpaired) electrons. The predicted molar refractivity (Wildman–Crippen MR) is 78.0 cm³/mol. The molecule has 0 bridgehead atoms. The van der Waals surface area contributed by atoms with E-state index in [-0.39, 0.29) is 0 Å². The molecule has 1 aliphatic heterocycles. The molecule has 1 aromatic carbocycles. The highest BCUT2D eigenvalue weighted by Gasteiger charge is 2.22. The van der Waals surface area contributed by atoms with Gasteiger partial charge in [0.1, 0.15) is 4.99 Å². The maximum atomic E-state index is 6.29. The molecule has 2 rings (SSSR count). The van der Waals surface area contributed by atoms with Crippen molar-refractivity contribution in [3.63, 3.8) is 0 Å². The third-order valence-corrected chi connectivity index (χ3v) is 3.97. The number of halogens is 1. The van der Waals surface area contributed by atoms with Gasteiger partial charge in [-0.25, -0.2) is 0 Å². The zero-order valence-corrected chi connectivity index (χ0v) is 11.5. The van der Waals surface area contributed by atoms with Crippen LogP contribution in [0.4, 0.5) is 5.69 Å². The molecule has 0 aromatic heterocycles. The number of thiocarbonyl (C=S) groups is 1. The molecule has 1 fully saturated rings. The molecule has 0 spiro atoms. The molecule has 4 heteroatoms. The average molecular weight is 269 g/mol. The van der Waals surface area contributed by atoms with Crippen molar-refractivity contribution in [3.05, 3.63) is 28.8 Å². The third-order valence-electron chi connectivity index (χ3n) is 3.44. The van der Waals surface area contributed by atoms with Crippen molar-refractivity contribution in [3.8, 4) is 0 Å². The van der Waals surface area contributed by atoms with Crippen LogP contribution in [-0.4, -0.2) is 18.1 Å². The van der Waals surface area contributed by atoms with Crippen LogP contribution in [0.15, 0.2) is 18.2 Å². The lowest BCUT2D eigenvalue weighted by molar-refractivity contribution is 0.569. The smallest absolute Gasteiger partial charge is 0.104 e. The van der Waals surface area contributed by atoms with Crippen LogP contribution in [0.1, 0.15) is 25.3 Å². The fourth-order valence-corrected chi connectivity index (χ4v) is 2.73. The van der Waals surface area contributed by atoms with Gasteiger partial charge in [0, 0.05) is 18.7 Å². The second-order valence-corrected chi connectivity index (χ2v) is 5.39. The summed E-state index contributed by atoms with van der Waals surface area (Å²) in [7, 11) is 0. The van der Waals surface area contributed by atoms with Gasteiger partial charge < -0.3 is 10.6 Å². The number of anilines is 1. The normalized spacial score (nSPS) is 19.6. The van der Waals surface area contributed by atoms with Gasteiger partial charge >= 0.3 is 0 Å². The largest absolute Gasteiger partial charge is 0.389 e. The Labute approximate surface area is 113 Å². The van der Waals surface area contributed by atoms with Crippen LogP contribution >= 0.6 is 23.8 Å². The van der Waals surface area contributed by atoms with Gasteiger partial charge in [-0.1, -0.05) is 37.2 Å². The molecule has 1 saturated heterocycles. The van der Waals surface area contributed by atoms with Crippen LogP contribution in [0.5, 0.6) is 0 Å². The molecule has 17 heavy (non-hydrogen) atoms. The zero-order chi connectivity index (χ0) is 12.4. The van der Waals surface area contributed by atoms with Gasteiger partial charge in [-0.2, -0.15) is 0 Å². The second-order valence-electron chi connectivity index (χ2n) is 4.54. The molecule has 1 heterocycles. The predicted octanol–water partition coefficient (Wildman–Crippen LogP) is 3.21. The van der Waals surface area contributed by atoms with Crippen LogP contribution in [-0.2, 0) is 0 Å². The lowest BCUT2D eigenvalue weighted by Gasteiger charge is -2.20. The molecule has 0 saturated carbocycles. The number of rotatable bonds is 3. The van der Waals surface area contributed by atoms with Crippen LogP contribution in [0.3, 0.4) is 0 Å². The summed E-state index contributed by atoms with van der Waals surface area (Å²) < 4.78 is 0. The van der Waals surface area contributed by atoms with Crippen molar-refractivity contribution in [1.29, 1.82) is 0 Å².